The summed E-state index contributed by atoms with van der Waals surface area (Å²) in [5.41, 5.74) is 8.61. The number of hydrogen-bond acceptors (Lipinski definition) is 3. The van der Waals surface area contributed by atoms with Crippen molar-refractivity contribution in [1.29, 1.82) is 0 Å². The van der Waals surface area contributed by atoms with Gasteiger partial charge in [-0.1, -0.05) is 17.7 Å². The number of rotatable bonds is 3. The zero-order chi connectivity index (χ0) is 13.3. The van der Waals surface area contributed by atoms with Crippen molar-refractivity contribution in [3.05, 3.63) is 40.7 Å². The molecule has 1 aromatic carbocycles. The molecule has 96 valence electrons. The van der Waals surface area contributed by atoms with Gasteiger partial charge in [-0.3, -0.25) is 0 Å². The van der Waals surface area contributed by atoms with Gasteiger partial charge in [0, 0.05) is 17.8 Å². The zero-order valence-electron chi connectivity index (χ0n) is 10.6. The van der Waals surface area contributed by atoms with E-state index in [1.165, 1.54) is 0 Å². The van der Waals surface area contributed by atoms with Crippen molar-refractivity contribution in [3.8, 4) is 11.4 Å². The molecule has 2 aromatic rings. The first kappa shape index (κ1) is 12.9. The number of methoxy groups -OCH3 is 1. The van der Waals surface area contributed by atoms with Gasteiger partial charge in [0.25, 0.3) is 0 Å². The lowest BCUT2D eigenvalue weighted by Crippen LogP contribution is -2.12. The first-order chi connectivity index (χ1) is 8.54. The Morgan fingerprint density at radius 2 is 2.17 bits per heavy atom. The highest BCUT2D eigenvalue weighted by molar-refractivity contribution is 6.31. The molecule has 4 nitrogen and oxygen atoms in total. The number of aryl methyl sites for hydroxylation is 1. The van der Waals surface area contributed by atoms with E-state index in [0.29, 0.717) is 5.02 Å². The van der Waals surface area contributed by atoms with Gasteiger partial charge in [0.05, 0.1) is 23.5 Å². The Hall–Kier alpha value is -1.52. The third kappa shape index (κ3) is 2.21. The Morgan fingerprint density at radius 3 is 2.67 bits per heavy atom. The Labute approximate surface area is 111 Å². The van der Waals surface area contributed by atoms with Gasteiger partial charge >= 0.3 is 0 Å². The number of aromatic nitrogens is 2. The van der Waals surface area contributed by atoms with Crippen LogP contribution in [0.15, 0.2) is 24.4 Å². The van der Waals surface area contributed by atoms with Crippen molar-refractivity contribution in [2.45, 2.75) is 19.9 Å². The highest BCUT2D eigenvalue weighted by atomic mass is 35.5. The Morgan fingerprint density at radius 1 is 1.44 bits per heavy atom. The molecule has 0 aliphatic carbocycles. The van der Waals surface area contributed by atoms with E-state index in [2.05, 4.69) is 5.10 Å². The zero-order valence-corrected chi connectivity index (χ0v) is 11.4. The van der Waals surface area contributed by atoms with Crippen LogP contribution in [0.5, 0.6) is 5.75 Å². The molecule has 2 N–H and O–H groups in total. The molecule has 0 aliphatic rings. The van der Waals surface area contributed by atoms with Crippen LogP contribution >= 0.6 is 11.6 Å². The summed E-state index contributed by atoms with van der Waals surface area (Å²) in [6.07, 6.45) is 1.78. The predicted octanol–water partition coefficient (Wildman–Crippen LogP) is 2.86. The van der Waals surface area contributed by atoms with Gasteiger partial charge in [-0.05, 0) is 26.0 Å². The van der Waals surface area contributed by atoms with E-state index in [1.807, 2.05) is 32.0 Å². The van der Waals surface area contributed by atoms with Gasteiger partial charge in [-0.2, -0.15) is 5.10 Å². The number of hydrogen-bond donors (Lipinski definition) is 1. The van der Waals surface area contributed by atoms with Gasteiger partial charge in [-0.25, -0.2) is 4.68 Å². The molecule has 0 saturated heterocycles. The van der Waals surface area contributed by atoms with Crippen molar-refractivity contribution in [2.75, 3.05) is 7.11 Å². The average molecular weight is 266 g/mol. The minimum Gasteiger partial charge on any atom is -0.496 e. The van der Waals surface area contributed by atoms with Crippen LogP contribution in [0.3, 0.4) is 0 Å². The first-order valence-electron chi connectivity index (χ1n) is 5.69. The number of nitrogens with zero attached hydrogens (tertiary/aromatic N) is 2. The second-order valence-corrected chi connectivity index (χ2v) is 4.60. The fourth-order valence-corrected chi connectivity index (χ4v) is 2.06. The summed E-state index contributed by atoms with van der Waals surface area (Å²) >= 11 is 6.04. The van der Waals surface area contributed by atoms with E-state index in [1.54, 1.807) is 18.0 Å². The number of halogens is 1. The Balaban J connectivity index is 2.63. The maximum absolute atomic E-state index is 6.04. The molecule has 5 heteroatoms. The molecule has 0 spiro atoms. The second kappa shape index (κ2) is 5.00. The standard InChI is InChI=1S/C13H16ClN3O/c1-8(15)13-11(5-4-6-12(13)18-3)17-7-10(14)9(2)16-17/h4-8H,15H2,1-3H3/t8-/m0/s1. The molecule has 0 unspecified atom stereocenters. The van der Waals surface area contributed by atoms with E-state index >= 15 is 0 Å². The van der Waals surface area contributed by atoms with Crippen molar-refractivity contribution >= 4 is 11.6 Å². The summed E-state index contributed by atoms with van der Waals surface area (Å²) in [7, 11) is 1.63. The van der Waals surface area contributed by atoms with Gasteiger partial charge in [0.2, 0.25) is 0 Å². The van der Waals surface area contributed by atoms with E-state index in [0.717, 1.165) is 22.7 Å². The van der Waals surface area contributed by atoms with Crippen molar-refractivity contribution in [1.82, 2.24) is 9.78 Å². The summed E-state index contributed by atoms with van der Waals surface area (Å²) in [5, 5.41) is 5.01. The fourth-order valence-electron chi connectivity index (χ4n) is 1.93. The van der Waals surface area contributed by atoms with Crippen molar-refractivity contribution < 1.29 is 4.74 Å². The van der Waals surface area contributed by atoms with Crippen LogP contribution in [0.1, 0.15) is 24.2 Å². The van der Waals surface area contributed by atoms with Crippen LogP contribution in [0, 0.1) is 6.92 Å². The molecule has 0 fully saturated rings. The fraction of sp³-hybridized carbons (Fsp3) is 0.308. The average Bonchev–Trinajstić information content (AvgIpc) is 2.68. The van der Waals surface area contributed by atoms with E-state index in [4.69, 9.17) is 22.1 Å². The monoisotopic (exact) mass is 265 g/mol. The number of benzene rings is 1. The van der Waals surface area contributed by atoms with E-state index in [-0.39, 0.29) is 6.04 Å². The summed E-state index contributed by atoms with van der Waals surface area (Å²) < 4.78 is 7.09. The van der Waals surface area contributed by atoms with Gasteiger partial charge in [0.1, 0.15) is 5.75 Å². The van der Waals surface area contributed by atoms with Crippen LogP contribution in [0.25, 0.3) is 5.69 Å². The molecule has 0 amide bonds. The van der Waals surface area contributed by atoms with Crippen LogP contribution in [-0.2, 0) is 0 Å². The van der Waals surface area contributed by atoms with Crippen molar-refractivity contribution in [3.63, 3.8) is 0 Å². The van der Waals surface area contributed by atoms with E-state index < -0.39 is 0 Å². The van der Waals surface area contributed by atoms with Crippen LogP contribution in [0.2, 0.25) is 5.02 Å². The maximum Gasteiger partial charge on any atom is 0.125 e. The summed E-state index contributed by atoms with van der Waals surface area (Å²) in [6, 6.07) is 5.59. The second-order valence-electron chi connectivity index (χ2n) is 4.19. The minimum absolute atomic E-state index is 0.153. The molecule has 0 radical (unpaired) electrons. The van der Waals surface area contributed by atoms with Gasteiger partial charge in [-0.15, -0.1) is 0 Å². The molecule has 1 atom stereocenters. The SMILES string of the molecule is COc1cccc(-n2cc(Cl)c(C)n2)c1[C@H](C)N. The third-order valence-electron chi connectivity index (χ3n) is 2.80. The Kier molecular flexibility index (Phi) is 3.59. The minimum atomic E-state index is -0.153. The highest BCUT2D eigenvalue weighted by Crippen LogP contribution is 2.30. The van der Waals surface area contributed by atoms with Crippen LogP contribution in [-0.4, -0.2) is 16.9 Å². The molecule has 1 heterocycles. The van der Waals surface area contributed by atoms with Crippen molar-refractivity contribution in [2.24, 2.45) is 5.73 Å². The molecule has 0 bridgehead atoms. The molecule has 18 heavy (non-hydrogen) atoms. The normalized spacial score (nSPS) is 12.5. The summed E-state index contributed by atoms with van der Waals surface area (Å²) in [4.78, 5) is 0. The number of ether oxygens (including phenoxy) is 1. The summed E-state index contributed by atoms with van der Waals surface area (Å²) in [5.74, 6) is 0.756. The van der Waals surface area contributed by atoms with E-state index in [9.17, 15) is 0 Å². The molecular weight excluding hydrogens is 250 g/mol. The highest BCUT2D eigenvalue weighted by Gasteiger charge is 2.15. The first-order valence-corrected chi connectivity index (χ1v) is 6.07. The Bertz CT molecular complexity index is 544. The topological polar surface area (TPSA) is 53.1 Å². The maximum atomic E-state index is 6.04. The quantitative estimate of drug-likeness (QED) is 0.928. The lowest BCUT2D eigenvalue weighted by Gasteiger charge is -2.16. The van der Waals surface area contributed by atoms with Crippen LogP contribution in [0.4, 0.5) is 0 Å². The third-order valence-corrected chi connectivity index (χ3v) is 3.18. The smallest absolute Gasteiger partial charge is 0.125 e. The summed E-state index contributed by atoms with van der Waals surface area (Å²) in [6.45, 7) is 3.78. The molecule has 1 aromatic heterocycles. The molecular formula is C13H16ClN3O. The van der Waals surface area contributed by atoms with Gasteiger partial charge in [0.15, 0.2) is 0 Å². The molecule has 2 rings (SSSR count). The predicted molar refractivity (Wildman–Crippen MR) is 72.5 cm³/mol. The molecule has 0 aliphatic heterocycles. The lowest BCUT2D eigenvalue weighted by atomic mass is 10.1. The lowest BCUT2D eigenvalue weighted by molar-refractivity contribution is 0.406. The number of nitrogens with two attached hydrogens (primary N) is 1. The van der Waals surface area contributed by atoms with Gasteiger partial charge < -0.3 is 10.5 Å². The van der Waals surface area contributed by atoms with Crippen LogP contribution < -0.4 is 10.5 Å². The largest absolute Gasteiger partial charge is 0.496 e. The molecule has 0 saturated carbocycles.